The van der Waals surface area contributed by atoms with E-state index in [-0.39, 0.29) is 26.2 Å². The van der Waals surface area contributed by atoms with E-state index in [1.165, 1.54) is 19.3 Å². The van der Waals surface area contributed by atoms with Gasteiger partial charge >= 0.3 is 0 Å². The first-order chi connectivity index (χ1) is 6.79. The molecule has 3 rings (SSSR count). The maximum atomic E-state index is 5.86. The molecule has 3 nitrogen and oxygen atoms in total. The summed E-state index contributed by atoms with van der Waals surface area (Å²) < 4.78 is 11.5. The van der Waals surface area contributed by atoms with Crippen LogP contribution >= 0.6 is 0 Å². The first kappa shape index (κ1) is 12.0. The monoisotopic (exact) mass is 303 g/mol. The van der Waals surface area contributed by atoms with Crippen molar-refractivity contribution < 1.29 is 29.9 Å². The third-order valence-electron chi connectivity index (χ3n) is 4.42. The molecule has 1 aliphatic heterocycles. The quantitative estimate of drug-likeness (QED) is 0.742. The Balaban J connectivity index is 0.000000853. The fourth-order valence-corrected chi connectivity index (χ4v) is 3.25. The summed E-state index contributed by atoms with van der Waals surface area (Å²) in [5.41, 5.74) is 6.45. The Morgan fingerprint density at radius 2 is 1.67 bits per heavy atom. The fraction of sp³-hybridized carbons (Fsp3) is 1.00. The molecule has 0 amide bonds. The van der Waals surface area contributed by atoms with Crippen LogP contribution in [-0.2, 0) is 29.9 Å². The predicted molar refractivity (Wildman–Crippen MR) is 52.7 cm³/mol. The molecule has 1 atom stereocenters. The SMILES string of the molecule is NC[C@@H]1CC2(CCC13CC3)OCCO2.[Pd]. The van der Waals surface area contributed by atoms with Gasteiger partial charge in [-0.25, -0.2) is 0 Å². The van der Waals surface area contributed by atoms with Crippen molar-refractivity contribution in [2.24, 2.45) is 17.1 Å². The van der Waals surface area contributed by atoms with Gasteiger partial charge in [0.2, 0.25) is 0 Å². The molecule has 2 aliphatic carbocycles. The van der Waals surface area contributed by atoms with E-state index in [1.807, 2.05) is 0 Å². The molecular weight excluding hydrogens is 285 g/mol. The summed E-state index contributed by atoms with van der Waals surface area (Å²) in [6, 6.07) is 0. The average Bonchev–Trinajstić information content (AvgIpc) is 2.86. The minimum atomic E-state index is -0.238. The summed E-state index contributed by atoms with van der Waals surface area (Å²) in [6.45, 7) is 2.34. The molecule has 15 heavy (non-hydrogen) atoms. The Morgan fingerprint density at radius 3 is 2.20 bits per heavy atom. The van der Waals surface area contributed by atoms with Gasteiger partial charge in [-0.3, -0.25) is 0 Å². The summed E-state index contributed by atoms with van der Waals surface area (Å²) in [6.07, 6.45) is 6.14. The molecular formula is C11H19NO2Pd. The molecule has 1 heterocycles. The maximum Gasteiger partial charge on any atom is 0.168 e. The van der Waals surface area contributed by atoms with Gasteiger partial charge in [0.25, 0.3) is 0 Å². The third-order valence-corrected chi connectivity index (χ3v) is 4.42. The van der Waals surface area contributed by atoms with E-state index in [9.17, 15) is 0 Å². The zero-order valence-electron chi connectivity index (χ0n) is 8.94. The molecule has 2 spiro atoms. The summed E-state index contributed by atoms with van der Waals surface area (Å²) in [7, 11) is 0. The number of ether oxygens (including phenoxy) is 2. The first-order valence-corrected chi connectivity index (χ1v) is 5.77. The van der Waals surface area contributed by atoms with Crippen molar-refractivity contribution in [1.29, 1.82) is 0 Å². The van der Waals surface area contributed by atoms with Gasteiger partial charge in [0, 0.05) is 33.3 Å². The van der Waals surface area contributed by atoms with Crippen LogP contribution in [0.15, 0.2) is 0 Å². The van der Waals surface area contributed by atoms with E-state index in [4.69, 9.17) is 15.2 Å². The van der Waals surface area contributed by atoms with Crippen molar-refractivity contribution in [2.45, 2.75) is 37.9 Å². The second-order valence-electron chi connectivity index (χ2n) is 5.11. The van der Waals surface area contributed by atoms with Crippen LogP contribution < -0.4 is 5.73 Å². The molecule has 0 aromatic heterocycles. The summed E-state index contributed by atoms with van der Waals surface area (Å²) in [4.78, 5) is 0. The topological polar surface area (TPSA) is 44.5 Å². The van der Waals surface area contributed by atoms with Crippen LogP contribution in [0.2, 0.25) is 0 Å². The molecule has 90 valence electrons. The van der Waals surface area contributed by atoms with Crippen LogP contribution in [0.3, 0.4) is 0 Å². The Hall–Kier alpha value is 0.542. The van der Waals surface area contributed by atoms with Crippen molar-refractivity contribution in [3.63, 3.8) is 0 Å². The first-order valence-electron chi connectivity index (χ1n) is 5.77. The normalized spacial score (nSPS) is 35.4. The molecule has 0 aromatic rings. The van der Waals surface area contributed by atoms with Crippen LogP contribution in [0.1, 0.15) is 32.1 Å². The Labute approximate surface area is 105 Å². The maximum absolute atomic E-state index is 5.86. The van der Waals surface area contributed by atoms with Crippen molar-refractivity contribution in [1.82, 2.24) is 0 Å². The summed E-state index contributed by atoms with van der Waals surface area (Å²) in [5, 5.41) is 0. The molecule has 0 aromatic carbocycles. The smallest absolute Gasteiger partial charge is 0.168 e. The Kier molecular flexibility index (Phi) is 3.27. The zero-order chi connectivity index (χ0) is 9.65. The van der Waals surface area contributed by atoms with Crippen LogP contribution in [-0.4, -0.2) is 25.5 Å². The molecule has 3 fully saturated rings. The molecule has 2 saturated carbocycles. The molecule has 0 bridgehead atoms. The standard InChI is InChI=1S/C11H19NO2.Pd/c12-8-9-7-11(13-5-6-14-11)4-3-10(9)1-2-10;/h9H,1-8,12H2;/t9-;/m0./s1. The van der Waals surface area contributed by atoms with Gasteiger partial charge in [-0.1, -0.05) is 0 Å². The van der Waals surface area contributed by atoms with Gasteiger partial charge in [-0.15, -0.1) is 0 Å². The minimum absolute atomic E-state index is 0. The van der Waals surface area contributed by atoms with Gasteiger partial charge in [0.1, 0.15) is 0 Å². The fourth-order valence-electron chi connectivity index (χ4n) is 3.25. The van der Waals surface area contributed by atoms with Crippen LogP contribution in [0.5, 0.6) is 0 Å². The number of hydrogen-bond donors (Lipinski definition) is 1. The van der Waals surface area contributed by atoms with Crippen molar-refractivity contribution in [3.05, 3.63) is 0 Å². The van der Waals surface area contributed by atoms with E-state index in [0.717, 1.165) is 32.6 Å². The minimum Gasteiger partial charge on any atom is -0.348 e. The molecule has 0 radical (unpaired) electrons. The third kappa shape index (κ3) is 1.92. The molecule has 1 saturated heterocycles. The van der Waals surface area contributed by atoms with Gasteiger partial charge in [-0.2, -0.15) is 0 Å². The van der Waals surface area contributed by atoms with E-state index >= 15 is 0 Å². The van der Waals surface area contributed by atoms with Crippen LogP contribution in [0.25, 0.3) is 0 Å². The van der Waals surface area contributed by atoms with E-state index < -0.39 is 0 Å². The molecule has 4 heteroatoms. The Bertz CT molecular complexity index is 237. The largest absolute Gasteiger partial charge is 0.348 e. The van der Waals surface area contributed by atoms with Gasteiger partial charge in [0.05, 0.1) is 13.2 Å². The zero-order valence-corrected chi connectivity index (χ0v) is 10.5. The summed E-state index contributed by atoms with van der Waals surface area (Å²) >= 11 is 0. The molecule has 0 unspecified atom stereocenters. The van der Waals surface area contributed by atoms with Crippen LogP contribution in [0, 0.1) is 11.3 Å². The second kappa shape index (κ2) is 4.09. The van der Waals surface area contributed by atoms with Gasteiger partial charge in [0.15, 0.2) is 5.79 Å². The van der Waals surface area contributed by atoms with E-state index in [2.05, 4.69) is 0 Å². The van der Waals surface area contributed by atoms with Gasteiger partial charge < -0.3 is 15.2 Å². The summed E-state index contributed by atoms with van der Waals surface area (Å²) in [5.74, 6) is 0.395. The number of hydrogen-bond acceptors (Lipinski definition) is 3. The van der Waals surface area contributed by atoms with E-state index in [1.54, 1.807) is 0 Å². The predicted octanol–water partition coefficient (Wildman–Crippen LogP) is 1.27. The van der Waals surface area contributed by atoms with Crippen molar-refractivity contribution >= 4 is 0 Å². The Morgan fingerprint density at radius 1 is 1.07 bits per heavy atom. The average molecular weight is 304 g/mol. The van der Waals surface area contributed by atoms with Crippen LogP contribution in [0.4, 0.5) is 0 Å². The number of nitrogens with two attached hydrogens (primary N) is 1. The number of rotatable bonds is 1. The van der Waals surface area contributed by atoms with E-state index in [0.29, 0.717) is 11.3 Å². The molecule has 2 N–H and O–H groups in total. The van der Waals surface area contributed by atoms with Crippen molar-refractivity contribution in [2.75, 3.05) is 19.8 Å². The van der Waals surface area contributed by atoms with Gasteiger partial charge in [-0.05, 0) is 37.1 Å². The molecule has 3 aliphatic rings. The van der Waals surface area contributed by atoms with Crippen molar-refractivity contribution in [3.8, 4) is 0 Å². The second-order valence-corrected chi connectivity index (χ2v) is 5.11.